The second kappa shape index (κ2) is 10.4. The fraction of sp³-hybridized carbons (Fsp3) is 0.250. The Morgan fingerprint density at radius 2 is 1.73 bits per heavy atom. The Balaban J connectivity index is 1.39. The Kier molecular flexibility index (Phi) is 7.13. The van der Waals surface area contributed by atoms with Gasteiger partial charge in [-0.15, -0.1) is 0 Å². The van der Waals surface area contributed by atoms with E-state index in [1.54, 1.807) is 18.0 Å². The van der Waals surface area contributed by atoms with Gasteiger partial charge >= 0.3 is 0 Å². The van der Waals surface area contributed by atoms with Gasteiger partial charge in [0.25, 0.3) is 5.91 Å². The molecule has 3 aromatic rings. The Hall–Kier alpha value is -2.67. The maximum absolute atomic E-state index is 12.8. The number of rotatable bonds is 7. The number of aromatic nitrogens is 1. The fourth-order valence-corrected chi connectivity index (χ4v) is 4.29. The number of pyridine rings is 1. The molecule has 0 aliphatic carbocycles. The fourth-order valence-electron chi connectivity index (χ4n) is 3.52. The van der Waals surface area contributed by atoms with Crippen LogP contribution in [0.3, 0.4) is 0 Å². The van der Waals surface area contributed by atoms with Crippen molar-refractivity contribution in [1.29, 1.82) is 0 Å². The molecule has 0 spiro atoms. The third-order valence-corrected chi connectivity index (χ3v) is 6.06. The largest absolute Gasteiger partial charge is 0.379 e. The van der Waals surface area contributed by atoms with Gasteiger partial charge < -0.3 is 10.1 Å². The van der Waals surface area contributed by atoms with Crippen molar-refractivity contribution in [3.63, 3.8) is 0 Å². The molecule has 1 unspecified atom stereocenters. The molecule has 1 aromatic heterocycles. The predicted molar refractivity (Wildman–Crippen MR) is 119 cm³/mol. The molecule has 1 atom stereocenters. The molecule has 1 N–H and O–H groups in total. The molecule has 154 valence electrons. The average Bonchev–Trinajstić information content (AvgIpc) is 2.82. The number of ether oxygens (including phenoxy) is 1. The topological polar surface area (TPSA) is 54.5 Å². The van der Waals surface area contributed by atoms with Gasteiger partial charge in [-0.3, -0.25) is 9.69 Å². The maximum atomic E-state index is 12.8. The molecular formula is C24H25N3O2S. The van der Waals surface area contributed by atoms with Crippen LogP contribution in [0.1, 0.15) is 22.0 Å². The number of benzene rings is 2. The molecule has 1 amide bonds. The zero-order valence-corrected chi connectivity index (χ0v) is 17.6. The van der Waals surface area contributed by atoms with E-state index in [-0.39, 0.29) is 11.9 Å². The number of hydrogen-bond donors (Lipinski definition) is 1. The van der Waals surface area contributed by atoms with E-state index < -0.39 is 0 Å². The van der Waals surface area contributed by atoms with Gasteiger partial charge in [0.2, 0.25) is 0 Å². The van der Waals surface area contributed by atoms with E-state index in [4.69, 9.17) is 4.74 Å². The van der Waals surface area contributed by atoms with E-state index in [0.717, 1.165) is 36.2 Å². The summed E-state index contributed by atoms with van der Waals surface area (Å²) in [4.78, 5) is 20.5. The summed E-state index contributed by atoms with van der Waals surface area (Å²) < 4.78 is 5.50. The molecule has 30 heavy (non-hydrogen) atoms. The van der Waals surface area contributed by atoms with Gasteiger partial charge in [-0.2, -0.15) is 0 Å². The Morgan fingerprint density at radius 3 is 2.43 bits per heavy atom. The second-order valence-electron chi connectivity index (χ2n) is 7.08. The van der Waals surface area contributed by atoms with Gasteiger partial charge in [0, 0.05) is 36.3 Å². The van der Waals surface area contributed by atoms with E-state index in [1.807, 2.05) is 60.7 Å². The quantitative estimate of drug-likeness (QED) is 0.627. The van der Waals surface area contributed by atoms with E-state index in [2.05, 4.69) is 27.3 Å². The van der Waals surface area contributed by atoms with Crippen molar-refractivity contribution in [3.05, 3.63) is 90.1 Å². The minimum atomic E-state index is -0.0569. The highest BCUT2D eigenvalue weighted by molar-refractivity contribution is 7.99. The maximum Gasteiger partial charge on any atom is 0.251 e. The smallest absolute Gasteiger partial charge is 0.251 e. The lowest BCUT2D eigenvalue weighted by atomic mass is 10.0. The standard InChI is InChI=1S/C24H25N3O2S/c28-24(20-9-11-21(12-10-20)30-23-8-4-5-13-25-23)26-18-22(19-6-2-1-3-7-19)27-14-16-29-17-15-27/h1-13,22H,14-18H2,(H,26,28). The van der Waals surface area contributed by atoms with Crippen molar-refractivity contribution in [1.82, 2.24) is 15.2 Å². The lowest BCUT2D eigenvalue weighted by molar-refractivity contribution is 0.0162. The minimum absolute atomic E-state index is 0.0569. The summed E-state index contributed by atoms with van der Waals surface area (Å²) in [7, 11) is 0. The molecule has 1 aliphatic heterocycles. The van der Waals surface area contributed by atoms with E-state index in [0.29, 0.717) is 12.1 Å². The molecular weight excluding hydrogens is 394 g/mol. The lowest BCUT2D eigenvalue weighted by Gasteiger charge is -2.35. The molecule has 5 nitrogen and oxygen atoms in total. The number of nitrogens with one attached hydrogen (secondary N) is 1. The van der Waals surface area contributed by atoms with Gasteiger partial charge in [-0.05, 0) is 42.0 Å². The highest BCUT2D eigenvalue weighted by atomic mass is 32.2. The van der Waals surface area contributed by atoms with Crippen molar-refractivity contribution >= 4 is 17.7 Å². The molecule has 0 radical (unpaired) electrons. The summed E-state index contributed by atoms with van der Waals surface area (Å²) in [5.74, 6) is -0.0569. The summed E-state index contributed by atoms with van der Waals surface area (Å²) in [6, 6.07) is 24.0. The van der Waals surface area contributed by atoms with Crippen molar-refractivity contribution in [2.75, 3.05) is 32.8 Å². The first-order valence-electron chi connectivity index (χ1n) is 10.1. The Labute approximate surface area is 181 Å². The summed E-state index contributed by atoms with van der Waals surface area (Å²) in [5, 5.41) is 4.06. The zero-order chi connectivity index (χ0) is 20.6. The molecule has 0 bridgehead atoms. The van der Waals surface area contributed by atoms with Crippen LogP contribution in [0.4, 0.5) is 0 Å². The normalized spacial score (nSPS) is 15.5. The molecule has 6 heteroatoms. The Bertz CT molecular complexity index is 930. The molecule has 1 saturated heterocycles. The van der Waals surface area contributed by atoms with Gasteiger partial charge in [-0.25, -0.2) is 4.98 Å². The second-order valence-corrected chi connectivity index (χ2v) is 8.17. The minimum Gasteiger partial charge on any atom is -0.379 e. The van der Waals surface area contributed by atoms with Crippen LogP contribution in [-0.2, 0) is 4.74 Å². The van der Waals surface area contributed by atoms with Crippen LogP contribution < -0.4 is 5.32 Å². The first kappa shape index (κ1) is 20.6. The predicted octanol–water partition coefficient (Wildman–Crippen LogP) is 4.04. The summed E-state index contributed by atoms with van der Waals surface area (Å²) in [6.07, 6.45) is 1.78. The number of carbonyl (C=O) groups is 1. The molecule has 2 heterocycles. The first-order valence-corrected chi connectivity index (χ1v) is 10.9. The third kappa shape index (κ3) is 5.48. The SMILES string of the molecule is O=C(NCC(c1ccccc1)N1CCOCC1)c1ccc(Sc2ccccn2)cc1. The summed E-state index contributed by atoms with van der Waals surface area (Å²) >= 11 is 1.58. The molecule has 4 rings (SSSR count). The highest BCUT2D eigenvalue weighted by Crippen LogP contribution is 2.26. The van der Waals surface area contributed by atoms with Crippen LogP contribution in [0.15, 0.2) is 88.9 Å². The average molecular weight is 420 g/mol. The number of morpholine rings is 1. The van der Waals surface area contributed by atoms with Crippen molar-refractivity contribution in [2.45, 2.75) is 16.0 Å². The molecule has 1 aliphatic rings. The molecule has 0 saturated carbocycles. The van der Waals surface area contributed by atoms with Gasteiger partial charge in [0.15, 0.2) is 0 Å². The number of nitrogens with zero attached hydrogens (tertiary/aromatic N) is 2. The molecule has 2 aromatic carbocycles. The first-order chi connectivity index (χ1) is 14.8. The monoisotopic (exact) mass is 419 g/mol. The number of amides is 1. The number of hydrogen-bond acceptors (Lipinski definition) is 5. The summed E-state index contributed by atoms with van der Waals surface area (Å²) in [5.41, 5.74) is 1.87. The van der Waals surface area contributed by atoms with Gasteiger partial charge in [0.05, 0.1) is 19.3 Å². The summed E-state index contributed by atoms with van der Waals surface area (Å²) in [6.45, 7) is 3.76. The highest BCUT2D eigenvalue weighted by Gasteiger charge is 2.23. The van der Waals surface area contributed by atoms with Crippen LogP contribution in [0.25, 0.3) is 0 Å². The van der Waals surface area contributed by atoms with Crippen molar-refractivity contribution < 1.29 is 9.53 Å². The van der Waals surface area contributed by atoms with Gasteiger partial charge in [-0.1, -0.05) is 48.2 Å². The molecule has 1 fully saturated rings. The Morgan fingerprint density at radius 1 is 1.00 bits per heavy atom. The van der Waals surface area contributed by atoms with Crippen LogP contribution in [0, 0.1) is 0 Å². The van der Waals surface area contributed by atoms with Crippen LogP contribution >= 0.6 is 11.8 Å². The lowest BCUT2D eigenvalue weighted by Crippen LogP contribution is -2.43. The van der Waals surface area contributed by atoms with E-state index in [1.165, 1.54) is 5.56 Å². The van der Waals surface area contributed by atoms with E-state index in [9.17, 15) is 4.79 Å². The van der Waals surface area contributed by atoms with Crippen LogP contribution in [0.2, 0.25) is 0 Å². The number of carbonyl (C=O) groups excluding carboxylic acids is 1. The van der Waals surface area contributed by atoms with Crippen LogP contribution in [-0.4, -0.2) is 48.6 Å². The van der Waals surface area contributed by atoms with Crippen LogP contribution in [0.5, 0.6) is 0 Å². The van der Waals surface area contributed by atoms with Crippen molar-refractivity contribution in [2.24, 2.45) is 0 Å². The van der Waals surface area contributed by atoms with Crippen molar-refractivity contribution in [3.8, 4) is 0 Å². The third-order valence-electron chi connectivity index (χ3n) is 5.10. The van der Waals surface area contributed by atoms with E-state index >= 15 is 0 Å². The zero-order valence-electron chi connectivity index (χ0n) is 16.7. The van der Waals surface area contributed by atoms with Gasteiger partial charge in [0.1, 0.15) is 5.03 Å².